The molecule has 0 aliphatic rings. The van der Waals surface area contributed by atoms with Gasteiger partial charge in [0.2, 0.25) is 0 Å². The molecule has 0 aromatic rings. The molecule has 374 valence electrons. The Morgan fingerprint density at radius 3 is 0.778 bits per heavy atom. The van der Waals surface area contributed by atoms with Crippen molar-refractivity contribution in [3.8, 4) is 0 Å². The molecule has 0 rings (SSSR count). The summed E-state index contributed by atoms with van der Waals surface area (Å²) in [5.74, 6) is 0.831. The summed E-state index contributed by atoms with van der Waals surface area (Å²) in [6, 6.07) is 0. The molecule has 0 aliphatic heterocycles. The first-order chi connectivity index (χ1) is 30.7. The highest BCUT2D eigenvalue weighted by molar-refractivity contribution is 5.71. The van der Waals surface area contributed by atoms with E-state index in [1.165, 1.54) is 205 Å². The average Bonchev–Trinajstić information content (AvgIpc) is 3.25. The van der Waals surface area contributed by atoms with E-state index in [-0.39, 0.29) is 31.1 Å². The number of hydrogen-bond acceptors (Lipinski definition) is 6. The van der Waals surface area contributed by atoms with Crippen molar-refractivity contribution in [2.45, 2.75) is 323 Å². The van der Waals surface area contributed by atoms with Crippen LogP contribution in [0.5, 0.6) is 0 Å². The van der Waals surface area contributed by atoms with Crippen LogP contribution in [0.4, 0.5) is 0 Å². The van der Waals surface area contributed by atoms with E-state index >= 15 is 0 Å². The zero-order valence-electron chi connectivity index (χ0n) is 43.2. The Bertz CT molecular complexity index is 962. The van der Waals surface area contributed by atoms with Gasteiger partial charge in [0.05, 0.1) is 0 Å². The van der Waals surface area contributed by atoms with E-state index in [1.54, 1.807) is 0 Å². The normalized spacial score (nSPS) is 12.0. The molecule has 0 aromatic heterocycles. The van der Waals surface area contributed by atoms with Crippen LogP contribution in [0.2, 0.25) is 0 Å². The van der Waals surface area contributed by atoms with E-state index < -0.39 is 6.10 Å². The van der Waals surface area contributed by atoms with Crippen LogP contribution in [0, 0.1) is 11.8 Å². The Morgan fingerprint density at radius 1 is 0.302 bits per heavy atom. The van der Waals surface area contributed by atoms with Crippen LogP contribution < -0.4 is 0 Å². The predicted octanol–water partition coefficient (Wildman–Crippen LogP) is 18.5. The van der Waals surface area contributed by atoms with Gasteiger partial charge in [0.15, 0.2) is 6.10 Å². The Hall–Kier alpha value is -1.59. The minimum atomic E-state index is -0.762. The molecule has 6 heteroatoms. The second-order valence-corrected chi connectivity index (χ2v) is 20.5. The quantitative estimate of drug-likeness (QED) is 0.0344. The first kappa shape index (κ1) is 61.4. The van der Waals surface area contributed by atoms with Gasteiger partial charge in [0, 0.05) is 19.3 Å². The first-order valence-corrected chi connectivity index (χ1v) is 28.2. The molecule has 0 saturated carbocycles. The number of unbranched alkanes of at least 4 members (excludes halogenated alkanes) is 36. The van der Waals surface area contributed by atoms with Crippen LogP contribution >= 0.6 is 0 Å². The number of carbonyl (C=O) groups is 3. The van der Waals surface area contributed by atoms with E-state index in [9.17, 15) is 14.4 Å². The summed E-state index contributed by atoms with van der Waals surface area (Å²) in [4.78, 5) is 38.1. The van der Waals surface area contributed by atoms with Crippen molar-refractivity contribution in [1.29, 1.82) is 0 Å². The molecule has 0 spiro atoms. The summed E-state index contributed by atoms with van der Waals surface area (Å²) in [6.07, 6.45) is 52.3. The Balaban J connectivity index is 4.31. The van der Waals surface area contributed by atoms with Crippen molar-refractivity contribution < 1.29 is 28.6 Å². The maximum absolute atomic E-state index is 12.8. The lowest BCUT2D eigenvalue weighted by atomic mass is 10.0. The molecule has 0 fully saturated rings. The highest BCUT2D eigenvalue weighted by Gasteiger charge is 2.19. The maximum atomic E-state index is 12.8. The Labute approximate surface area is 393 Å². The molecule has 0 radical (unpaired) electrons. The summed E-state index contributed by atoms with van der Waals surface area (Å²) in [7, 11) is 0. The fraction of sp³-hybridized carbons (Fsp3) is 0.947. The van der Waals surface area contributed by atoms with Gasteiger partial charge < -0.3 is 14.2 Å². The molecule has 0 aromatic carbocycles. The monoisotopic (exact) mass is 891 g/mol. The molecule has 0 amide bonds. The van der Waals surface area contributed by atoms with Crippen molar-refractivity contribution in [2.24, 2.45) is 11.8 Å². The highest BCUT2D eigenvalue weighted by atomic mass is 16.6. The third kappa shape index (κ3) is 51.3. The molecule has 0 unspecified atom stereocenters. The van der Waals surface area contributed by atoms with Crippen molar-refractivity contribution in [1.82, 2.24) is 0 Å². The second kappa shape index (κ2) is 49.8. The lowest BCUT2D eigenvalue weighted by Gasteiger charge is -2.18. The number of ether oxygens (including phenoxy) is 3. The van der Waals surface area contributed by atoms with Crippen molar-refractivity contribution in [3.63, 3.8) is 0 Å². The second-order valence-electron chi connectivity index (χ2n) is 20.5. The van der Waals surface area contributed by atoms with Gasteiger partial charge in [-0.05, 0) is 31.1 Å². The van der Waals surface area contributed by atoms with Crippen LogP contribution in [0.3, 0.4) is 0 Å². The standard InChI is InChI=1S/C57H110O6/c1-6-7-8-9-10-11-12-13-16-22-27-32-37-42-47-55(58)61-50-54(63-57(60)49-44-39-34-29-24-19-18-21-26-31-36-41-46-53(4)5)51-62-56(59)48-43-38-33-28-23-17-14-15-20-25-30-35-40-45-52(2)3/h52-54H,6-51H2,1-5H3/t54-/m0/s1. The lowest BCUT2D eigenvalue weighted by molar-refractivity contribution is -0.167. The maximum Gasteiger partial charge on any atom is 0.306 e. The van der Waals surface area contributed by atoms with Crippen LogP contribution in [-0.4, -0.2) is 37.2 Å². The van der Waals surface area contributed by atoms with Crippen LogP contribution in [0.1, 0.15) is 317 Å². The van der Waals surface area contributed by atoms with Crippen molar-refractivity contribution in [3.05, 3.63) is 0 Å². The smallest absolute Gasteiger partial charge is 0.306 e. The summed E-state index contributed by atoms with van der Waals surface area (Å²) in [5.41, 5.74) is 0. The molecule has 0 aliphatic carbocycles. The van der Waals surface area contributed by atoms with Gasteiger partial charge in [-0.1, -0.05) is 279 Å². The third-order valence-electron chi connectivity index (χ3n) is 13.0. The Kier molecular flexibility index (Phi) is 48.6. The molecule has 1 atom stereocenters. The molecular weight excluding hydrogens is 781 g/mol. The van der Waals surface area contributed by atoms with E-state index in [0.717, 1.165) is 69.6 Å². The topological polar surface area (TPSA) is 78.9 Å². The molecule has 63 heavy (non-hydrogen) atoms. The minimum absolute atomic E-state index is 0.0628. The van der Waals surface area contributed by atoms with Crippen LogP contribution in [0.25, 0.3) is 0 Å². The first-order valence-electron chi connectivity index (χ1n) is 28.2. The van der Waals surface area contributed by atoms with Gasteiger partial charge in [-0.3, -0.25) is 14.4 Å². The van der Waals surface area contributed by atoms with E-state index in [4.69, 9.17) is 14.2 Å². The van der Waals surface area contributed by atoms with Gasteiger partial charge in [-0.25, -0.2) is 0 Å². The summed E-state index contributed by atoms with van der Waals surface area (Å²) < 4.78 is 16.9. The van der Waals surface area contributed by atoms with Gasteiger partial charge in [0.25, 0.3) is 0 Å². The fourth-order valence-corrected chi connectivity index (χ4v) is 8.70. The summed E-state index contributed by atoms with van der Waals surface area (Å²) in [6.45, 7) is 11.4. The molecular formula is C57H110O6. The molecule has 0 N–H and O–H groups in total. The van der Waals surface area contributed by atoms with Crippen molar-refractivity contribution in [2.75, 3.05) is 13.2 Å². The van der Waals surface area contributed by atoms with Crippen LogP contribution in [-0.2, 0) is 28.6 Å². The van der Waals surface area contributed by atoms with E-state index in [1.807, 2.05) is 0 Å². The third-order valence-corrected chi connectivity index (χ3v) is 13.0. The number of hydrogen-bond donors (Lipinski definition) is 0. The largest absolute Gasteiger partial charge is 0.462 e. The molecule has 0 saturated heterocycles. The molecule has 0 heterocycles. The van der Waals surface area contributed by atoms with E-state index in [0.29, 0.717) is 19.3 Å². The van der Waals surface area contributed by atoms with Gasteiger partial charge >= 0.3 is 17.9 Å². The molecule has 0 bridgehead atoms. The number of esters is 3. The molecule has 6 nitrogen and oxygen atoms in total. The van der Waals surface area contributed by atoms with Gasteiger partial charge in [0.1, 0.15) is 13.2 Å². The lowest BCUT2D eigenvalue weighted by Crippen LogP contribution is -2.30. The highest BCUT2D eigenvalue weighted by Crippen LogP contribution is 2.18. The zero-order chi connectivity index (χ0) is 46.1. The van der Waals surface area contributed by atoms with Crippen LogP contribution in [0.15, 0.2) is 0 Å². The number of carbonyl (C=O) groups excluding carboxylic acids is 3. The number of rotatable bonds is 51. The van der Waals surface area contributed by atoms with Gasteiger partial charge in [-0.15, -0.1) is 0 Å². The minimum Gasteiger partial charge on any atom is -0.462 e. The van der Waals surface area contributed by atoms with E-state index in [2.05, 4.69) is 34.6 Å². The summed E-state index contributed by atoms with van der Waals surface area (Å²) in [5, 5.41) is 0. The average molecular weight is 892 g/mol. The Morgan fingerprint density at radius 2 is 0.524 bits per heavy atom. The predicted molar refractivity (Wildman–Crippen MR) is 270 cm³/mol. The zero-order valence-corrected chi connectivity index (χ0v) is 43.2. The van der Waals surface area contributed by atoms with Crippen molar-refractivity contribution >= 4 is 17.9 Å². The summed E-state index contributed by atoms with van der Waals surface area (Å²) >= 11 is 0. The SMILES string of the molecule is CCCCCCCCCCCCCCCCC(=O)OC[C@@H](COC(=O)CCCCCCCCCCCCCCCC(C)C)OC(=O)CCCCCCCCCCCCCCC(C)C. The fourth-order valence-electron chi connectivity index (χ4n) is 8.70. The van der Waals surface area contributed by atoms with Gasteiger partial charge in [-0.2, -0.15) is 0 Å².